The van der Waals surface area contributed by atoms with Gasteiger partial charge in [-0.15, -0.1) is 0 Å². The van der Waals surface area contributed by atoms with E-state index in [4.69, 9.17) is 5.84 Å². The molecule has 1 aliphatic carbocycles. The molecule has 20 heavy (non-hydrogen) atoms. The van der Waals surface area contributed by atoms with Crippen LogP contribution in [-0.4, -0.2) is 40.1 Å². The normalized spacial score (nSPS) is 17.0. The molecule has 1 heterocycles. The number of rotatable bonds is 4. The van der Waals surface area contributed by atoms with Gasteiger partial charge in [-0.3, -0.25) is 15.6 Å². The number of aliphatic hydroxyl groups is 1. The Morgan fingerprint density at radius 2 is 2.20 bits per heavy atom. The van der Waals surface area contributed by atoms with Gasteiger partial charge in [0.2, 0.25) is 0 Å². The number of nitrogens with two attached hydrogens (primary N) is 1. The first-order valence-electron chi connectivity index (χ1n) is 6.86. The number of hydrogen-bond acceptors (Lipinski definition) is 5. The van der Waals surface area contributed by atoms with Gasteiger partial charge in [-0.1, -0.05) is 12.8 Å². The fraction of sp³-hybridized carbons (Fsp3) is 0.571. The van der Waals surface area contributed by atoms with Crippen molar-refractivity contribution in [2.45, 2.75) is 38.2 Å². The van der Waals surface area contributed by atoms with E-state index in [9.17, 15) is 9.90 Å². The summed E-state index contributed by atoms with van der Waals surface area (Å²) in [6.07, 6.45) is 5.04. The highest BCUT2D eigenvalue weighted by Crippen LogP contribution is 2.30. The Morgan fingerprint density at radius 1 is 1.55 bits per heavy atom. The van der Waals surface area contributed by atoms with E-state index in [1.165, 1.54) is 6.20 Å². The molecule has 1 amide bonds. The number of aryl methyl sites for hydroxylation is 1. The molecule has 0 aromatic carbocycles. The molecule has 0 aliphatic heterocycles. The first kappa shape index (κ1) is 14.7. The molecule has 6 nitrogen and oxygen atoms in total. The summed E-state index contributed by atoms with van der Waals surface area (Å²) in [7, 11) is 1.69. The Kier molecular flexibility index (Phi) is 4.25. The van der Waals surface area contributed by atoms with Crippen molar-refractivity contribution in [2.24, 2.45) is 5.84 Å². The minimum Gasteiger partial charge on any atom is -0.388 e. The fourth-order valence-electron chi connectivity index (χ4n) is 2.76. The lowest BCUT2D eigenvalue weighted by Gasteiger charge is -2.29. The van der Waals surface area contributed by atoms with E-state index in [1.807, 2.05) is 6.92 Å². The number of nitrogen functional groups attached to an aromatic ring is 1. The van der Waals surface area contributed by atoms with Crippen LogP contribution in [0.4, 0.5) is 5.69 Å². The molecule has 0 atom stereocenters. The summed E-state index contributed by atoms with van der Waals surface area (Å²) in [5.74, 6) is 5.26. The second kappa shape index (κ2) is 5.76. The molecule has 2 rings (SSSR count). The Hall–Kier alpha value is -1.66. The smallest absolute Gasteiger partial charge is 0.257 e. The van der Waals surface area contributed by atoms with E-state index >= 15 is 0 Å². The van der Waals surface area contributed by atoms with Crippen LogP contribution in [0.3, 0.4) is 0 Å². The molecule has 0 saturated heterocycles. The van der Waals surface area contributed by atoms with E-state index in [0.29, 0.717) is 17.8 Å². The van der Waals surface area contributed by atoms with Gasteiger partial charge >= 0.3 is 0 Å². The second-order valence-electron chi connectivity index (χ2n) is 5.61. The average Bonchev–Trinajstić information content (AvgIpc) is 2.84. The molecule has 0 unspecified atom stereocenters. The van der Waals surface area contributed by atoms with Crippen molar-refractivity contribution in [3.63, 3.8) is 0 Å². The molecule has 0 radical (unpaired) electrons. The summed E-state index contributed by atoms with van der Waals surface area (Å²) < 4.78 is 0. The SMILES string of the molecule is Cc1cc(NN)c(C(=O)N(C)CC2(O)CCCC2)cn1. The van der Waals surface area contributed by atoms with Gasteiger partial charge in [0, 0.05) is 25.5 Å². The molecule has 0 spiro atoms. The third-order valence-electron chi connectivity index (χ3n) is 3.84. The van der Waals surface area contributed by atoms with Crippen LogP contribution in [0, 0.1) is 6.92 Å². The van der Waals surface area contributed by atoms with Crippen LogP contribution in [0.1, 0.15) is 41.7 Å². The quantitative estimate of drug-likeness (QED) is 0.565. The summed E-state index contributed by atoms with van der Waals surface area (Å²) >= 11 is 0. The number of carbonyl (C=O) groups is 1. The molecule has 1 aromatic rings. The van der Waals surface area contributed by atoms with Crippen LogP contribution in [-0.2, 0) is 0 Å². The number of hydrogen-bond donors (Lipinski definition) is 3. The molecule has 6 heteroatoms. The van der Waals surface area contributed by atoms with Gasteiger partial charge in [0.1, 0.15) is 0 Å². The lowest BCUT2D eigenvalue weighted by Crippen LogP contribution is -2.42. The van der Waals surface area contributed by atoms with E-state index in [2.05, 4.69) is 10.4 Å². The zero-order chi connectivity index (χ0) is 14.8. The molecule has 1 aliphatic rings. The third kappa shape index (κ3) is 3.08. The predicted octanol–water partition coefficient (Wildman–Crippen LogP) is 1.05. The summed E-state index contributed by atoms with van der Waals surface area (Å²) in [5, 5.41) is 10.4. The highest BCUT2D eigenvalue weighted by molar-refractivity contribution is 5.99. The number of likely N-dealkylation sites (N-methyl/N-ethyl adjacent to an activating group) is 1. The maximum Gasteiger partial charge on any atom is 0.257 e. The lowest BCUT2D eigenvalue weighted by molar-refractivity contribution is 0.0157. The standard InChI is InChI=1S/C14H22N4O2/c1-10-7-12(17-15)11(8-16-10)13(19)18(2)9-14(20)5-3-4-6-14/h7-8,20H,3-6,9,15H2,1-2H3,(H,16,17). The van der Waals surface area contributed by atoms with Crippen LogP contribution >= 0.6 is 0 Å². The van der Waals surface area contributed by atoms with Gasteiger partial charge in [0.25, 0.3) is 5.91 Å². The molecular weight excluding hydrogens is 256 g/mol. The first-order chi connectivity index (χ1) is 9.45. The van der Waals surface area contributed by atoms with Crippen molar-refractivity contribution in [3.05, 3.63) is 23.5 Å². The van der Waals surface area contributed by atoms with Crippen molar-refractivity contribution in [3.8, 4) is 0 Å². The molecule has 0 bridgehead atoms. The van der Waals surface area contributed by atoms with Crippen molar-refractivity contribution in [1.29, 1.82) is 0 Å². The van der Waals surface area contributed by atoms with Crippen LogP contribution in [0.15, 0.2) is 12.3 Å². The third-order valence-corrected chi connectivity index (χ3v) is 3.84. The number of pyridine rings is 1. The van der Waals surface area contributed by atoms with Crippen molar-refractivity contribution in [2.75, 3.05) is 19.0 Å². The van der Waals surface area contributed by atoms with E-state index in [-0.39, 0.29) is 5.91 Å². The first-order valence-corrected chi connectivity index (χ1v) is 6.86. The summed E-state index contributed by atoms with van der Waals surface area (Å²) in [6, 6.07) is 1.73. The second-order valence-corrected chi connectivity index (χ2v) is 5.61. The largest absolute Gasteiger partial charge is 0.388 e. The fourth-order valence-corrected chi connectivity index (χ4v) is 2.76. The van der Waals surface area contributed by atoms with Crippen LogP contribution < -0.4 is 11.3 Å². The van der Waals surface area contributed by atoms with Gasteiger partial charge in [-0.05, 0) is 25.8 Å². The number of nitrogens with one attached hydrogen (secondary N) is 1. The minimum atomic E-state index is -0.751. The molecule has 110 valence electrons. The highest BCUT2D eigenvalue weighted by atomic mass is 16.3. The minimum absolute atomic E-state index is 0.189. The van der Waals surface area contributed by atoms with E-state index in [0.717, 1.165) is 31.4 Å². The van der Waals surface area contributed by atoms with Gasteiger partial charge in [-0.2, -0.15) is 0 Å². The molecule has 1 saturated carbocycles. The maximum atomic E-state index is 12.4. The average molecular weight is 278 g/mol. The van der Waals surface area contributed by atoms with Gasteiger partial charge in [0.05, 0.1) is 16.9 Å². The summed E-state index contributed by atoms with van der Waals surface area (Å²) in [6.45, 7) is 2.17. The molecule has 1 fully saturated rings. The Bertz CT molecular complexity index is 498. The Balaban J connectivity index is 2.14. The zero-order valence-corrected chi connectivity index (χ0v) is 12.0. The lowest BCUT2D eigenvalue weighted by atomic mass is 10.0. The molecule has 4 N–H and O–H groups in total. The van der Waals surface area contributed by atoms with Crippen LogP contribution in [0.2, 0.25) is 0 Å². The van der Waals surface area contributed by atoms with E-state index < -0.39 is 5.60 Å². The number of anilines is 1. The number of hydrazine groups is 1. The number of aromatic nitrogens is 1. The number of nitrogens with zero attached hydrogens (tertiary/aromatic N) is 2. The number of carbonyl (C=O) groups excluding carboxylic acids is 1. The monoisotopic (exact) mass is 278 g/mol. The topological polar surface area (TPSA) is 91.5 Å². The Labute approximate surface area is 119 Å². The van der Waals surface area contributed by atoms with Gasteiger partial charge < -0.3 is 15.4 Å². The van der Waals surface area contributed by atoms with Crippen molar-refractivity contribution >= 4 is 11.6 Å². The highest BCUT2D eigenvalue weighted by Gasteiger charge is 2.34. The van der Waals surface area contributed by atoms with Crippen LogP contribution in [0.25, 0.3) is 0 Å². The molecular formula is C14H22N4O2. The van der Waals surface area contributed by atoms with Gasteiger partial charge in [-0.25, -0.2) is 0 Å². The molecule has 1 aromatic heterocycles. The van der Waals surface area contributed by atoms with Crippen LogP contribution in [0.5, 0.6) is 0 Å². The van der Waals surface area contributed by atoms with Crippen molar-refractivity contribution < 1.29 is 9.90 Å². The summed E-state index contributed by atoms with van der Waals surface area (Å²) in [5.41, 5.74) is 3.53. The zero-order valence-electron chi connectivity index (χ0n) is 12.0. The predicted molar refractivity (Wildman–Crippen MR) is 77.2 cm³/mol. The Morgan fingerprint density at radius 3 is 2.80 bits per heavy atom. The maximum absolute atomic E-state index is 12.4. The van der Waals surface area contributed by atoms with Gasteiger partial charge in [0.15, 0.2) is 0 Å². The number of amides is 1. The van der Waals surface area contributed by atoms with Crippen molar-refractivity contribution in [1.82, 2.24) is 9.88 Å². The van der Waals surface area contributed by atoms with E-state index in [1.54, 1.807) is 18.0 Å². The summed E-state index contributed by atoms with van der Waals surface area (Å²) in [4.78, 5) is 18.1.